The lowest BCUT2D eigenvalue weighted by molar-refractivity contribution is -0.143. The molecule has 2 atom stereocenters. The summed E-state index contributed by atoms with van der Waals surface area (Å²) in [4.78, 5) is 53.3. The Balaban J connectivity index is 1.34. The number of ether oxygens (including phenoxy) is 4. The summed E-state index contributed by atoms with van der Waals surface area (Å²) >= 11 is 0. The van der Waals surface area contributed by atoms with Crippen molar-refractivity contribution in [2.45, 2.75) is 125 Å². The molecular formula is C47H60N3O10P. The number of unbranched alkanes of at least 4 members (excludes halogenated alkanes) is 3. The number of benzene rings is 3. The summed E-state index contributed by atoms with van der Waals surface area (Å²) in [6, 6.07) is 17.8. The summed E-state index contributed by atoms with van der Waals surface area (Å²) in [7, 11) is -1.29. The Morgan fingerprint density at radius 3 is 2.11 bits per heavy atom. The zero-order valence-corrected chi connectivity index (χ0v) is 38.0. The predicted octanol–water partition coefficient (Wildman–Crippen LogP) is 9.67. The lowest BCUT2D eigenvalue weighted by Gasteiger charge is -2.37. The molecule has 2 aliphatic heterocycles. The SMILES string of the molecule is CC(C)N(C(C)C)P(OCCC#N)OCCCCCCNC(=O)Cc1cc2c(cc1OC(=O)C(C)(C)C)Oc1cc(OC(=O)C(C)(C)C)ccc1C21OC(=O)c2ccccc21. The van der Waals surface area contributed by atoms with Gasteiger partial charge in [0, 0.05) is 53.0 Å². The molecule has 0 radical (unpaired) electrons. The monoisotopic (exact) mass is 857 g/mol. The number of nitrogens with one attached hydrogen (secondary N) is 1. The van der Waals surface area contributed by atoms with Gasteiger partial charge in [-0.25, -0.2) is 9.46 Å². The molecule has 0 fully saturated rings. The number of fused-ring (bicyclic) bond motifs is 6. The standard InChI is InChI=1S/C47H60N3O10P/c1-30(2)50(31(3)4)61(56-25-17-22-48)55-24-16-12-11-15-23-49-41(51)27-32-26-37-40(29-38(32)59-44(54)46(8,9)10)58-39-28-33(57-43(53)45(5,6)7)20-21-36(39)47(37)35-19-14-13-18-34(35)42(52)60-47/h13-14,18-21,26,28-31H,11-12,15-17,23-25,27H2,1-10H3,(H,49,51). The number of hydrogen-bond acceptors (Lipinski definition) is 12. The van der Waals surface area contributed by atoms with Crippen LogP contribution >= 0.6 is 8.53 Å². The number of hydrogen-bond donors (Lipinski definition) is 1. The van der Waals surface area contributed by atoms with Crippen LogP contribution in [0.2, 0.25) is 0 Å². The Morgan fingerprint density at radius 1 is 0.803 bits per heavy atom. The van der Waals surface area contributed by atoms with E-state index < -0.39 is 42.9 Å². The van der Waals surface area contributed by atoms with Crippen molar-refractivity contribution in [3.05, 3.63) is 82.4 Å². The van der Waals surface area contributed by atoms with Gasteiger partial charge in [0.15, 0.2) is 5.60 Å². The van der Waals surface area contributed by atoms with E-state index in [9.17, 15) is 19.2 Å². The number of carbonyl (C=O) groups is 4. The molecule has 14 heteroatoms. The highest BCUT2D eigenvalue weighted by atomic mass is 31.2. The first-order chi connectivity index (χ1) is 28.8. The van der Waals surface area contributed by atoms with Crippen molar-refractivity contribution < 1.29 is 47.2 Å². The molecule has 1 N–H and O–H groups in total. The van der Waals surface area contributed by atoms with E-state index in [4.69, 9.17) is 33.3 Å². The lowest BCUT2D eigenvalue weighted by atomic mass is 9.77. The van der Waals surface area contributed by atoms with Gasteiger partial charge in [0.05, 0.1) is 48.5 Å². The van der Waals surface area contributed by atoms with Gasteiger partial charge in [-0.15, -0.1) is 0 Å². The van der Waals surface area contributed by atoms with E-state index in [0.29, 0.717) is 54.0 Å². The molecular weight excluding hydrogens is 798 g/mol. The first-order valence-electron chi connectivity index (χ1n) is 21.0. The Morgan fingerprint density at radius 2 is 1.44 bits per heavy atom. The average Bonchev–Trinajstić information content (AvgIpc) is 3.47. The van der Waals surface area contributed by atoms with Crippen LogP contribution in [0.1, 0.15) is 134 Å². The second-order valence-electron chi connectivity index (χ2n) is 17.9. The van der Waals surface area contributed by atoms with Crippen LogP contribution in [-0.2, 0) is 40.2 Å². The zero-order chi connectivity index (χ0) is 44.7. The van der Waals surface area contributed by atoms with Crippen LogP contribution in [0, 0.1) is 22.2 Å². The van der Waals surface area contributed by atoms with Gasteiger partial charge in [0.25, 0.3) is 8.53 Å². The molecule has 328 valence electrons. The minimum atomic E-state index is -1.49. The highest BCUT2D eigenvalue weighted by molar-refractivity contribution is 7.44. The summed E-state index contributed by atoms with van der Waals surface area (Å²) < 4.78 is 38.9. The van der Waals surface area contributed by atoms with E-state index in [1.54, 1.807) is 84.0 Å². The van der Waals surface area contributed by atoms with Gasteiger partial charge in [0.1, 0.15) is 23.0 Å². The van der Waals surface area contributed by atoms with Crippen molar-refractivity contribution in [1.82, 2.24) is 9.99 Å². The maximum atomic E-state index is 13.6. The third kappa shape index (κ3) is 11.2. The minimum absolute atomic E-state index is 0.130. The fourth-order valence-corrected chi connectivity index (χ4v) is 8.66. The smallest absolute Gasteiger partial charge is 0.340 e. The predicted molar refractivity (Wildman–Crippen MR) is 231 cm³/mol. The van der Waals surface area contributed by atoms with Gasteiger partial charge in [-0.05, 0) is 106 Å². The van der Waals surface area contributed by atoms with E-state index in [1.165, 1.54) is 0 Å². The molecule has 5 rings (SSSR count). The van der Waals surface area contributed by atoms with Gasteiger partial charge in [0.2, 0.25) is 5.91 Å². The zero-order valence-electron chi connectivity index (χ0n) is 37.1. The Hall–Kier alpha value is -4.86. The quantitative estimate of drug-likeness (QED) is 0.0559. The van der Waals surface area contributed by atoms with E-state index >= 15 is 0 Å². The molecule has 0 saturated heterocycles. The molecule has 61 heavy (non-hydrogen) atoms. The molecule has 3 aromatic carbocycles. The highest BCUT2D eigenvalue weighted by Gasteiger charge is 2.54. The molecule has 2 unspecified atom stereocenters. The number of nitriles is 1. The molecule has 1 amide bonds. The molecule has 0 saturated carbocycles. The summed E-state index contributed by atoms with van der Waals surface area (Å²) in [6.45, 7) is 20.2. The maximum absolute atomic E-state index is 13.6. The molecule has 3 aromatic rings. The maximum Gasteiger partial charge on any atom is 0.340 e. The lowest BCUT2D eigenvalue weighted by Crippen LogP contribution is -2.34. The van der Waals surface area contributed by atoms with Crippen molar-refractivity contribution in [3.8, 4) is 29.1 Å². The van der Waals surface area contributed by atoms with Crippen LogP contribution in [-0.4, -0.2) is 60.3 Å². The largest absolute Gasteiger partial charge is 0.456 e. The highest BCUT2D eigenvalue weighted by Crippen LogP contribution is 2.57. The van der Waals surface area contributed by atoms with Crippen LogP contribution in [0.25, 0.3) is 0 Å². The van der Waals surface area contributed by atoms with Gasteiger partial charge in [-0.1, -0.05) is 31.0 Å². The normalized spacial score (nSPS) is 16.0. The Bertz CT molecular complexity index is 2130. The number of rotatable bonds is 18. The number of esters is 3. The first-order valence-corrected chi connectivity index (χ1v) is 22.2. The number of carbonyl (C=O) groups excluding carboxylic acids is 4. The molecule has 2 aliphatic rings. The van der Waals surface area contributed by atoms with Gasteiger partial charge >= 0.3 is 17.9 Å². The second-order valence-corrected chi connectivity index (χ2v) is 19.4. The average molecular weight is 858 g/mol. The third-order valence-electron chi connectivity index (χ3n) is 10.1. The second kappa shape index (κ2) is 19.9. The van der Waals surface area contributed by atoms with E-state index in [0.717, 1.165) is 25.7 Å². The molecule has 0 bridgehead atoms. The Labute approximate surface area is 361 Å². The number of nitrogens with zero attached hydrogens (tertiary/aromatic N) is 2. The fraction of sp³-hybridized carbons (Fsp3) is 0.511. The van der Waals surface area contributed by atoms with Gasteiger partial charge < -0.3 is 33.3 Å². The molecule has 0 aliphatic carbocycles. The molecule has 13 nitrogen and oxygen atoms in total. The first kappa shape index (κ1) is 47.2. The van der Waals surface area contributed by atoms with E-state index in [1.807, 2.05) is 12.1 Å². The van der Waals surface area contributed by atoms with Crippen LogP contribution in [0.3, 0.4) is 0 Å². The molecule has 1 spiro atoms. The Kier molecular flexibility index (Phi) is 15.4. The molecule has 0 aromatic heterocycles. The van der Waals surface area contributed by atoms with Crippen LogP contribution in [0.15, 0.2) is 54.6 Å². The van der Waals surface area contributed by atoms with E-state index in [-0.39, 0.29) is 47.4 Å². The van der Waals surface area contributed by atoms with Crippen molar-refractivity contribution in [3.63, 3.8) is 0 Å². The van der Waals surface area contributed by atoms with Gasteiger partial charge in [-0.3, -0.25) is 14.4 Å². The van der Waals surface area contributed by atoms with Crippen molar-refractivity contribution in [2.75, 3.05) is 19.8 Å². The van der Waals surface area contributed by atoms with Crippen molar-refractivity contribution in [1.29, 1.82) is 5.26 Å². The summed E-state index contributed by atoms with van der Waals surface area (Å²) in [6.07, 6.45) is 3.49. The summed E-state index contributed by atoms with van der Waals surface area (Å²) in [5.41, 5.74) is -0.830. The van der Waals surface area contributed by atoms with Crippen molar-refractivity contribution >= 4 is 32.3 Å². The number of amides is 1. The van der Waals surface area contributed by atoms with Gasteiger partial charge in [-0.2, -0.15) is 5.26 Å². The van der Waals surface area contributed by atoms with Crippen molar-refractivity contribution in [2.24, 2.45) is 10.8 Å². The van der Waals surface area contributed by atoms with Crippen LogP contribution < -0.4 is 19.5 Å². The third-order valence-corrected chi connectivity index (χ3v) is 12.2. The van der Waals surface area contributed by atoms with Crippen LogP contribution in [0.4, 0.5) is 0 Å². The summed E-state index contributed by atoms with van der Waals surface area (Å²) in [5.74, 6) is -0.884. The van der Waals surface area contributed by atoms with Crippen LogP contribution in [0.5, 0.6) is 23.0 Å². The minimum Gasteiger partial charge on any atom is -0.456 e. The molecule has 2 heterocycles. The summed E-state index contributed by atoms with van der Waals surface area (Å²) in [5, 5.41) is 12.0. The fourth-order valence-electron chi connectivity index (χ4n) is 7.03. The van der Waals surface area contributed by atoms with E-state index in [2.05, 4.69) is 43.8 Å². The topological polar surface area (TPSA) is 163 Å².